The zero-order chi connectivity index (χ0) is 19.1. The lowest BCUT2D eigenvalue weighted by Gasteiger charge is -2.34. The maximum atomic E-state index is 13.2. The van der Waals surface area contributed by atoms with Crippen molar-refractivity contribution in [3.05, 3.63) is 18.2 Å². The fourth-order valence-electron chi connectivity index (χ4n) is 3.07. The number of nitrogens with zero attached hydrogens (tertiary/aromatic N) is 2. The van der Waals surface area contributed by atoms with Gasteiger partial charge in [0.05, 0.1) is 18.4 Å². The van der Waals surface area contributed by atoms with Gasteiger partial charge in [0.25, 0.3) is 5.91 Å². The minimum atomic E-state index is -0.677. The van der Waals surface area contributed by atoms with Crippen LogP contribution in [0.1, 0.15) is 45.7 Å². The van der Waals surface area contributed by atoms with Crippen molar-refractivity contribution in [3.8, 4) is 0 Å². The van der Waals surface area contributed by atoms with Crippen LogP contribution in [-0.2, 0) is 20.8 Å². The number of carbonyl (C=O) groups excluding carboxylic acids is 3. The van der Waals surface area contributed by atoms with E-state index in [1.54, 1.807) is 19.4 Å². The van der Waals surface area contributed by atoms with E-state index in [-0.39, 0.29) is 17.6 Å². The summed E-state index contributed by atoms with van der Waals surface area (Å²) >= 11 is 0. The molecule has 0 unspecified atom stereocenters. The zero-order valence-electron chi connectivity index (χ0n) is 15.7. The number of imidazole rings is 1. The third-order valence-corrected chi connectivity index (χ3v) is 4.65. The number of Topliss-reactive ketones (excluding diaryl/α,β-unsaturated/α-hetero) is 1. The molecular weight excluding hydrogens is 334 g/mol. The SMILES string of the molecule is CC(C)[C@@H]1NN([C@H](C)C=O)C(=O)[C@H](Cc2cnc[nH]2)NCCCCC1=O. The van der Waals surface area contributed by atoms with E-state index in [1.165, 1.54) is 5.01 Å². The summed E-state index contributed by atoms with van der Waals surface area (Å²) in [6.07, 6.45) is 6.43. The van der Waals surface area contributed by atoms with E-state index in [0.29, 0.717) is 25.7 Å². The van der Waals surface area contributed by atoms with Crippen LogP contribution in [0.25, 0.3) is 0 Å². The first kappa shape index (κ1) is 20.3. The summed E-state index contributed by atoms with van der Waals surface area (Å²) in [4.78, 5) is 44.1. The minimum absolute atomic E-state index is 0.0106. The number of carbonyl (C=O) groups is 3. The molecule has 0 aromatic carbocycles. The van der Waals surface area contributed by atoms with Crippen molar-refractivity contribution in [2.75, 3.05) is 6.54 Å². The Labute approximate surface area is 154 Å². The Kier molecular flexibility index (Phi) is 7.47. The van der Waals surface area contributed by atoms with Gasteiger partial charge in [-0.25, -0.2) is 10.4 Å². The van der Waals surface area contributed by atoms with E-state index in [9.17, 15) is 14.4 Å². The molecule has 8 nitrogen and oxygen atoms in total. The fourth-order valence-corrected chi connectivity index (χ4v) is 3.07. The Morgan fingerprint density at radius 3 is 2.69 bits per heavy atom. The number of amides is 1. The maximum absolute atomic E-state index is 13.2. The van der Waals surface area contributed by atoms with Crippen LogP contribution in [0.3, 0.4) is 0 Å². The molecule has 8 heteroatoms. The molecule has 3 atom stereocenters. The topological polar surface area (TPSA) is 107 Å². The summed E-state index contributed by atoms with van der Waals surface area (Å²) in [6, 6.07) is -1.68. The number of aromatic nitrogens is 2. The van der Waals surface area contributed by atoms with Crippen molar-refractivity contribution in [2.45, 2.75) is 64.6 Å². The number of hydrogen-bond donors (Lipinski definition) is 3. The Morgan fingerprint density at radius 1 is 1.31 bits per heavy atom. The van der Waals surface area contributed by atoms with Gasteiger partial charge in [-0.05, 0) is 32.2 Å². The summed E-state index contributed by atoms with van der Waals surface area (Å²) in [5.41, 5.74) is 3.88. The number of aldehydes is 1. The second-order valence-electron chi connectivity index (χ2n) is 7.15. The van der Waals surface area contributed by atoms with Crippen molar-refractivity contribution < 1.29 is 14.4 Å². The molecule has 1 aromatic heterocycles. The van der Waals surface area contributed by atoms with Crippen molar-refractivity contribution in [3.63, 3.8) is 0 Å². The van der Waals surface area contributed by atoms with Crippen molar-refractivity contribution >= 4 is 18.0 Å². The van der Waals surface area contributed by atoms with Crippen LogP contribution >= 0.6 is 0 Å². The monoisotopic (exact) mass is 363 g/mol. The van der Waals surface area contributed by atoms with E-state index in [1.807, 2.05) is 13.8 Å². The molecule has 1 aliphatic heterocycles. The van der Waals surface area contributed by atoms with Crippen LogP contribution in [0.2, 0.25) is 0 Å². The molecule has 0 spiro atoms. The smallest absolute Gasteiger partial charge is 0.254 e. The molecule has 3 N–H and O–H groups in total. The first-order chi connectivity index (χ1) is 12.4. The summed E-state index contributed by atoms with van der Waals surface area (Å²) in [5.74, 6) is -0.168. The molecule has 1 aromatic rings. The number of nitrogens with one attached hydrogen (secondary N) is 3. The predicted octanol–water partition coefficient (Wildman–Crippen LogP) is 0.609. The van der Waals surface area contributed by atoms with Crippen LogP contribution < -0.4 is 10.7 Å². The maximum Gasteiger partial charge on any atom is 0.254 e. The zero-order valence-corrected chi connectivity index (χ0v) is 15.7. The molecule has 26 heavy (non-hydrogen) atoms. The van der Waals surface area contributed by atoms with Crippen molar-refractivity contribution in [1.82, 2.24) is 25.7 Å². The highest BCUT2D eigenvalue weighted by molar-refractivity contribution is 5.87. The Morgan fingerprint density at radius 2 is 2.08 bits per heavy atom. The standard InChI is InChI=1S/C18H29N5O3/c1-12(2)17-16(25)6-4-5-7-20-15(8-14-9-19-11-21-14)18(26)23(22-17)13(3)10-24/h9-13,15,17,20,22H,4-8H2,1-3H3,(H,19,21)/t13-,15+,17+/m1/s1. The van der Waals surface area contributed by atoms with E-state index in [2.05, 4.69) is 20.7 Å². The highest BCUT2D eigenvalue weighted by Gasteiger charge is 2.33. The summed E-state index contributed by atoms with van der Waals surface area (Å²) in [6.45, 7) is 6.15. The number of rotatable bonds is 5. The first-order valence-electron chi connectivity index (χ1n) is 9.22. The molecule has 0 radical (unpaired) electrons. The number of H-pyrrole nitrogens is 1. The van der Waals surface area contributed by atoms with E-state index >= 15 is 0 Å². The van der Waals surface area contributed by atoms with Gasteiger partial charge in [-0.1, -0.05) is 13.8 Å². The number of aromatic amines is 1. The molecule has 1 amide bonds. The van der Waals surface area contributed by atoms with Gasteiger partial charge in [-0.15, -0.1) is 0 Å². The van der Waals surface area contributed by atoms with Gasteiger partial charge in [0, 0.05) is 24.7 Å². The van der Waals surface area contributed by atoms with Gasteiger partial charge in [-0.2, -0.15) is 0 Å². The summed E-state index contributed by atoms with van der Waals surface area (Å²) in [5, 5.41) is 4.58. The fraction of sp³-hybridized carbons (Fsp3) is 0.667. The third kappa shape index (κ3) is 5.22. The average molecular weight is 363 g/mol. The average Bonchev–Trinajstić information content (AvgIpc) is 3.11. The Balaban J connectivity index is 2.29. The molecule has 0 aliphatic carbocycles. The molecule has 1 saturated heterocycles. The van der Waals surface area contributed by atoms with Crippen LogP contribution in [0.5, 0.6) is 0 Å². The van der Waals surface area contributed by atoms with Gasteiger partial charge < -0.3 is 15.1 Å². The third-order valence-electron chi connectivity index (χ3n) is 4.65. The van der Waals surface area contributed by atoms with Gasteiger partial charge in [0.15, 0.2) is 5.78 Å². The molecule has 0 bridgehead atoms. The minimum Gasteiger partial charge on any atom is -0.348 e. The quantitative estimate of drug-likeness (QED) is 0.662. The molecule has 1 aliphatic rings. The van der Waals surface area contributed by atoms with Crippen LogP contribution in [0, 0.1) is 5.92 Å². The number of hydrazine groups is 1. The molecule has 144 valence electrons. The number of ketones is 1. The van der Waals surface area contributed by atoms with Crippen molar-refractivity contribution in [1.29, 1.82) is 0 Å². The Hall–Kier alpha value is -2.06. The first-order valence-corrected chi connectivity index (χ1v) is 9.22. The van der Waals surface area contributed by atoms with Gasteiger partial charge >= 0.3 is 0 Å². The normalized spacial score (nSPS) is 24.4. The highest BCUT2D eigenvalue weighted by Crippen LogP contribution is 2.13. The Bertz CT molecular complexity index is 602. The van der Waals surface area contributed by atoms with Crippen LogP contribution in [0.15, 0.2) is 12.5 Å². The lowest BCUT2D eigenvalue weighted by atomic mass is 9.97. The summed E-state index contributed by atoms with van der Waals surface area (Å²) in [7, 11) is 0. The van der Waals surface area contributed by atoms with Crippen molar-refractivity contribution in [2.24, 2.45) is 5.92 Å². The highest BCUT2D eigenvalue weighted by atomic mass is 16.2. The molecule has 2 rings (SSSR count). The van der Waals surface area contributed by atoms with Gasteiger partial charge in [0.2, 0.25) is 0 Å². The second-order valence-corrected chi connectivity index (χ2v) is 7.15. The second kappa shape index (κ2) is 9.59. The van der Waals surface area contributed by atoms with E-state index in [4.69, 9.17) is 0 Å². The van der Waals surface area contributed by atoms with Gasteiger partial charge in [-0.3, -0.25) is 14.6 Å². The molecule has 0 saturated carbocycles. The lowest BCUT2D eigenvalue weighted by molar-refractivity contribution is -0.144. The molecular formula is C18H29N5O3. The van der Waals surface area contributed by atoms with Crippen LogP contribution in [-0.4, -0.2) is 57.6 Å². The number of hydrogen-bond acceptors (Lipinski definition) is 6. The predicted molar refractivity (Wildman–Crippen MR) is 97.1 cm³/mol. The van der Waals surface area contributed by atoms with Gasteiger partial charge in [0.1, 0.15) is 12.3 Å². The largest absolute Gasteiger partial charge is 0.348 e. The van der Waals surface area contributed by atoms with Crippen LogP contribution in [0.4, 0.5) is 0 Å². The molecule has 1 fully saturated rings. The van der Waals surface area contributed by atoms with E-state index < -0.39 is 18.1 Å². The molecule has 2 heterocycles. The lowest BCUT2D eigenvalue weighted by Crippen LogP contribution is -2.61. The van der Waals surface area contributed by atoms with E-state index in [0.717, 1.165) is 18.5 Å². The summed E-state index contributed by atoms with van der Waals surface area (Å²) < 4.78 is 0.